The van der Waals surface area contributed by atoms with Crippen molar-refractivity contribution in [3.05, 3.63) is 91.0 Å². The standard InChI is InChI=1S/C33H42N2O6/c1-3-5-14-32(38)41-24-28(20-25-15-17-30(18-16-25)40-23-26-11-7-6-8-12-26)34-33(39)27(10-4-2)21-31(37)35-19-9-13-29(35)22-36/h3-4,6-8,11-12,15-18,27-29,36H,1-2,5,9-10,13-14,19-24H2,(H,34,39)/t27-,28+,29+/m1/s1. The molecule has 0 aromatic heterocycles. The van der Waals surface area contributed by atoms with Crippen LogP contribution in [0.25, 0.3) is 0 Å². The van der Waals surface area contributed by atoms with Crippen LogP contribution in [-0.4, -0.2) is 59.6 Å². The van der Waals surface area contributed by atoms with E-state index in [-0.39, 0.29) is 49.9 Å². The van der Waals surface area contributed by atoms with E-state index in [1.54, 1.807) is 17.1 Å². The number of nitrogens with zero attached hydrogens (tertiary/aromatic N) is 1. The highest BCUT2D eigenvalue weighted by Crippen LogP contribution is 2.21. The van der Waals surface area contributed by atoms with Crippen molar-refractivity contribution in [1.29, 1.82) is 0 Å². The molecule has 0 unspecified atom stereocenters. The van der Waals surface area contributed by atoms with Crippen LogP contribution in [0.3, 0.4) is 0 Å². The minimum absolute atomic E-state index is 0.00143. The van der Waals surface area contributed by atoms with Crippen LogP contribution in [-0.2, 0) is 32.1 Å². The molecule has 0 saturated carbocycles. The number of hydrogen-bond acceptors (Lipinski definition) is 6. The zero-order valence-electron chi connectivity index (χ0n) is 23.7. The first kappa shape index (κ1) is 31.6. The average Bonchev–Trinajstić information content (AvgIpc) is 3.48. The summed E-state index contributed by atoms with van der Waals surface area (Å²) >= 11 is 0. The molecule has 1 heterocycles. The van der Waals surface area contributed by atoms with Crippen molar-refractivity contribution in [2.45, 2.75) is 63.6 Å². The van der Waals surface area contributed by atoms with E-state index in [9.17, 15) is 19.5 Å². The zero-order valence-corrected chi connectivity index (χ0v) is 23.7. The summed E-state index contributed by atoms with van der Waals surface area (Å²) in [5, 5.41) is 12.6. The molecule has 1 saturated heterocycles. The fraction of sp³-hybridized carbons (Fsp3) is 0.424. The first-order chi connectivity index (χ1) is 19.9. The second-order valence-electron chi connectivity index (χ2n) is 10.3. The van der Waals surface area contributed by atoms with Crippen LogP contribution in [0.5, 0.6) is 5.75 Å². The topological polar surface area (TPSA) is 105 Å². The molecular formula is C33H42N2O6. The molecule has 1 fully saturated rings. The number of aliphatic hydroxyl groups excluding tert-OH is 1. The lowest BCUT2D eigenvalue weighted by atomic mass is 9.98. The van der Waals surface area contributed by atoms with Gasteiger partial charge in [-0.3, -0.25) is 14.4 Å². The Kier molecular flexibility index (Phi) is 13.1. The van der Waals surface area contributed by atoms with Gasteiger partial charge in [0.2, 0.25) is 11.8 Å². The van der Waals surface area contributed by atoms with Crippen LogP contribution in [0.2, 0.25) is 0 Å². The highest BCUT2D eigenvalue weighted by molar-refractivity contribution is 5.86. The van der Waals surface area contributed by atoms with Gasteiger partial charge < -0.3 is 24.8 Å². The van der Waals surface area contributed by atoms with Crippen molar-refractivity contribution in [3.63, 3.8) is 0 Å². The summed E-state index contributed by atoms with van der Waals surface area (Å²) in [6.07, 6.45) is 6.38. The molecule has 0 aliphatic carbocycles. The summed E-state index contributed by atoms with van der Waals surface area (Å²) in [4.78, 5) is 40.2. The van der Waals surface area contributed by atoms with Crippen LogP contribution in [0, 0.1) is 5.92 Å². The normalized spacial score (nSPS) is 15.9. The maximum atomic E-state index is 13.4. The van der Waals surface area contributed by atoms with Gasteiger partial charge in [0.15, 0.2) is 0 Å². The van der Waals surface area contributed by atoms with Crippen LogP contribution in [0.15, 0.2) is 79.9 Å². The number of rotatable bonds is 17. The number of ether oxygens (including phenoxy) is 2. The van der Waals surface area contributed by atoms with E-state index >= 15 is 0 Å². The van der Waals surface area contributed by atoms with Gasteiger partial charge in [-0.25, -0.2) is 0 Å². The number of esters is 1. The molecule has 8 heteroatoms. The summed E-state index contributed by atoms with van der Waals surface area (Å²) in [6.45, 7) is 8.35. The van der Waals surface area contributed by atoms with Crippen molar-refractivity contribution >= 4 is 17.8 Å². The van der Waals surface area contributed by atoms with Crippen molar-refractivity contribution in [2.75, 3.05) is 19.8 Å². The third kappa shape index (κ3) is 10.5. The smallest absolute Gasteiger partial charge is 0.306 e. The summed E-state index contributed by atoms with van der Waals surface area (Å²) in [5.41, 5.74) is 2.01. The van der Waals surface area contributed by atoms with Gasteiger partial charge in [-0.1, -0.05) is 54.6 Å². The lowest BCUT2D eigenvalue weighted by Gasteiger charge is -2.26. The average molecular weight is 563 g/mol. The maximum Gasteiger partial charge on any atom is 0.306 e. The molecule has 0 bridgehead atoms. The Balaban J connectivity index is 1.64. The highest BCUT2D eigenvalue weighted by atomic mass is 16.5. The van der Waals surface area contributed by atoms with E-state index in [0.717, 1.165) is 29.7 Å². The Morgan fingerprint density at radius 2 is 1.80 bits per heavy atom. The van der Waals surface area contributed by atoms with Crippen molar-refractivity contribution in [2.24, 2.45) is 5.92 Å². The molecule has 220 valence electrons. The largest absolute Gasteiger partial charge is 0.489 e. The highest BCUT2D eigenvalue weighted by Gasteiger charge is 2.31. The summed E-state index contributed by atoms with van der Waals surface area (Å²) in [7, 11) is 0. The second-order valence-corrected chi connectivity index (χ2v) is 10.3. The Morgan fingerprint density at radius 1 is 1.05 bits per heavy atom. The molecule has 8 nitrogen and oxygen atoms in total. The van der Waals surface area contributed by atoms with Gasteiger partial charge in [0, 0.05) is 19.4 Å². The molecule has 2 aromatic carbocycles. The minimum Gasteiger partial charge on any atom is -0.489 e. The molecular weight excluding hydrogens is 520 g/mol. The monoisotopic (exact) mass is 562 g/mol. The van der Waals surface area contributed by atoms with Gasteiger partial charge in [0.1, 0.15) is 19.0 Å². The molecule has 2 aromatic rings. The maximum absolute atomic E-state index is 13.4. The van der Waals surface area contributed by atoms with E-state index in [2.05, 4.69) is 18.5 Å². The Labute approximate surface area is 243 Å². The van der Waals surface area contributed by atoms with Crippen molar-refractivity contribution in [1.82, 2.24) is 10.2 Å². The molecule has 3 atom stereocenters. The SMILES string of the molecule is C=CCCC(=O)OC[C@H](Cc1ccc(OCc2ccccc2)cc1)NC(=O)[C@H](CC=C)CC(=O)N1CCC[C@H]1CO. The summed E-state index contributed by atoms with van der Waals surface area (Å²) in [5.74, 6) is -0.708. The molecule has 3 rings (SSSR count). The predicted octanol–water partition coefficient (Wildman–Crippen LogP) is 4.37. The number of allylic oxidation sites excluding steroid dienone is 2. The molecule has 0 spiro atoms. The van der Waals surface area contributed by atoms with Crippen molar-refractivity contribution in [3.8, 4) is 5.75 Å². The number of carbonyl (C=O) groups is 3. The van der Waals surface area contributed by atoms with Gasteiger partial charge in [-0.05, 0) is 55.4 Å². The summed E-state index contributed by atoms with van der Waals surface area (Å²) < 4.78 is 11.4. The molecule has 1 aliphatic heterocycles. The fourth-order valence-corrected chi connectivity index (χ4v) is 4.87. The number of nitrogens with one attached hydrogen (secondary N) is 1. The van der Waals surface area contributed by atoms with Crippen molar-refractivity contribution < 1.29 is 29.0 Å². The number of benzene rings is 2. The molecule has 0 radical (unpaired) electrons. The van der Waals surface area contributed by atoms with Crippen LogP contribution < -0.4 is 10.1 Å². The van der Waals surface area contributed by atoms with Crippen LogP contribution >= 0.6 is 0 Å². The molecule has 2 amide bonds. The quantitative estimate of drug-likeness (QED) is 0.219. The van der Waals surface area contributed by atoms with Crippen LogP contribution in [0.1, 0.15) is 49.7 Å². The van der Waals surface area contributed by atoms with Gasteiger partial charge in [-0.2, -0.15) is 0 Å². The first-order valence-electron chi connectivity index (χ1n) is 14.3. The third-order valence-electron chi connectivity index (χ3n) is 7.15. The van der Waals surface area contributed by atoms with Gasteiger partial charge >= 0.3 is 5.97 Å². The minimum atomic E-state index is -0.618. The van der Waals surface area contributed by atoms with E-state index in [1.165, 1.54) is 0 Å². The molecule has 41 heavy (non-hydrogen) atoms. The lowest BCUT2D eigenvalue weighted by molar-refractivity contribution is -0.145. The van der Waals surface area contributed by atoms with E-state index in [1.807, 2.05) is 54.6 Å². The van der Waals surface area contributed by atoms with E-state index < -0.39 is 12.0 Å². The van der Waals surface area contributed by atoms with Crippen LogP contribution in [0.4, 0.5) is 0 Å². The second kappa shape index (κ2) is 17.0. The predicted molar refractivity (Wildman–Crippen MR) is 158 cm³/mol. The van der Waals surface area contributed by atoms with Gasteiger partial charge in [0.25, 0.3) is 0 Å². The van der Waals surface area contributed by atoms with Gasteiger partial charge in [0.05, 0.1) is 24.6 Å². The Bertz CT molecular complexity index is 1130. The Hall–Kier alpha value is -3.91. The molecule has 1 aliphatic rings. The number of amides is 2. The fourth-order valence-electron chi connectivity index (χ4n) is 4.87. The van der Waals surface area contributed by atoms with E-state index in [4.69, 9.17) is 9.47 Å². The van der Waals surface area contributed by atoms with E-state index in [0.29, 0.717) is 32.4 Å². The first-order valence-corrected chi connectivity index (χ1v) is 14.3. The summed E-state index contributed by atoms with van der Waals surface area (Å²) in [6, 6.07) is 16.8. The number of aliphatic hydroxyl groups is 1. The number of hydrogen-bond donors (Lipinski definition) is 2. The number of likely N-dealkylation sites (tertiary alicyclic amines) is 1. The Morgan fingerprint density at radius 3 is 2.49 bits per heavy atom. The molecule has 2 N–H and O–H groups in total. The third-order valence-corrected chi connectivity index (χ3v) is 7.15. The number of carbonyl (C=O) groups excluding carboxylic acids is 3. The lowest BCUT2D eigenvalue weighted by Crippen LogP contribution is -2.45. The van der Waals surface area contributed by atoms with Gasteiger partial charge in [-0.15, -0.1) is 13.2 Å². The zero-order chi connectivity index (χ0) is 29.5.